The Morgan fingerprint density at radius 2 is 2.18 bits per heavy atom. The van der Waals surface area contributed by atoms with E-state index in [9.17, 15) is 4.79 Å². The first kappa shape index (κ1) is 11.7. The van der Waals surface area contributed by atoms with E-state index in [2.05, 4.69) is 15.3 Å². The van der Waals surface area contributed by atoms with Crippen molar-refractivity contribution in [3.05, 3.63) is 41.2 Å². The number of aryl methyl sites for hydroxylation is 2. The Morgan fingerprint density at radius 1 is 1.41 bits per heavy atom. The lowest BCUT2D eigenvalue weighted by Gasteiger charge is -2.01. The molecule has 0 aliphatic heterocycles. The van der Waals surface area contributed by atoms with Gasteiger partial charge < -0.3 is 5.32 Å². The monoisotopic (exact) mass is 247 g/mol. The Kier molecular flexibility index (Phi) is 3.82. The second-order valence-electron chi connectivity index (χ2n) is 3.68. The van der Waals surface area contributed by atoms with E-state index in [-0.39, 0.29) is 5.91 Å². The summed E-state index contributed by atoms with van der Waals surface area (Å²) in [5.41, 5.74) is 1.12. The molecule has 4 nitrogen and oxygen atoms in total. The number of rotatable bonds is 4. The van der Waals surface area contributed by atoms with Crippen LogP contribution < -0.4 is 5.32 Å². The van der Waals surface area contributed by atoms with Crippen molar-refractivity contribution in [3.63, 3.8) is 0 Å². The highest BCUT2D eigenvalue weighted by Gasteiger charge is 2.05. The third kappa shape index (κ3) is 3.64. The molecular formula is C12H13N3OS. The van der Waals surface area contributed by atoms with Crippen molar-refractivity contribution in [2.75, 3.05) is 5.32 Å². The predicted molar refractivity (Wildman–Crippen MR) is 68.0 cm³/mol. The molecule has 2 aromatic heterocycles. The van der Waals surface area contributed by atoms with E-state index in [1.165, 1.54) is 11.3 Å². The van der Waals surface area contributed by atoms with Crippen LogP contribution in [0, 0.1) is 6.92 Å². The van der Waals surface area contributed by atoms with Gasteiger partial charge in [0.25, 0.3) is 0 Å². The van der Waals surface area contributed by atoms with Gasteiger partial charge >= 0.3 is 0 Å². The fourth-order valence-corrected chi connectivity index (χ4v) is 2.08. The molecule has 17 heavy (non-hydrogen) atoms. The molecule has 5 heteroatoms. The smallest absolute Gasteiger partial charge is 0.226 e. The lowest BCUT2D eigenvalue weighted by molar-refractivity contribution is -0.116. The number of nitrogens with zero attached hydrogens (tertiary/aromatic N) is 2. The first-order valence-electron chi connectivity index (χ1n) is 5.35. The molecule has 0 unspecified atom stereocenters. The second-order valence-corrected chi connectivity index (χ2v) is 4.91. The van der Waals surface area contributed by atoms with Gasteiger partial charge in [-0.2, -0.15) is 0 Å². The second kappa shape index (κ2) is 5.54. The zero-order valence-corrected chi connectivity index (χ0v) is 10.3. The van der Waals surface area contributed by atoms with Crippen LogP contribution in [0.15, 0.2) is 30.7 Å². The Bertz CT molecular complexity index is 495. The molecule has 0 saturated carbocycles. The highest BCUT2D eigenvalue weighted by molar-refractivity contribution is 7.15. The Balaban J connectivity index is 1.82. The number of carbonyl (C=O) groups excluding carboxylic acids is 1. The number of anilines is 1. The number of hydrogen-bond donors (Lipinski definition) is 1. The van der Waals surface area contributed by atoms with Crippen molar-refractivity contribution in [2.45, 2.75) is 19.8 Å². The summed E-state index contributed by atoms with van der Waals surface area (Å²) < 4.78 is 0. The molecule has 0 spiro atoms. The predicted octanol–water partition coefficient (Wildman–Crippen LogP) is 2.42. The molecule has 88 valence electrons. The van der Waals surface area contributed by atoms with Crippen molar-refractivity contribution in [2.24, 2.45) is 0 Å². The number of pyridine rings is 1. The summed E-state index contributed by atoms with van der Waals surface area (Å²) in [5, 5.41) is 3.45. The van der Waals surface area contributed by atoms with E-state index in [0.29, 0.717) is 11.6 Å². The molecule has 0 saturated heterocycles. The highest BCUT2D eigenvalue weighted by atomic mass is 32.1. The molecule has 1 amide bonds. The van der Waals surface area contributed by atoms with Crippen molar-refractivity contribution >= 4 is 22.4 Å². The molecule has 2 heterocycles. The maximum absolute atomic E-state index is 11.6. The van der Waals surface area contributed by atoms with Crippen molar-refractivity contribution in [3.8, 4) is 0 Å². The van der Waals surface area contributed by atoms with Gasteiger partial charge in [0.05, 0.1) is 0 Å². The minimum Gasteiger partial charge on any atom is -0.302 e. The molecule has 0 aromatic carbocycles. The van der Waals surface area contributed by atoms with Gasteiger partial charge in [-0.3, -0.25) is 9.78 Å². The molecule has 0 radical (unpaired) electrons. The van der Waals surface area contributed by atoms with Crippen LogP contribution in [-0.2, 0) is 11.2 Å². The van der Waals surface area contributed by atoms with Crippen LogP contribution in [-0.4, -0.2) is 15.9 Å². The average molecular weight is 247 g/mol. The van der Waals surface area contributed by atoms with Crippen molar-refractivity contribution in [1.82, 2.24) is 9.97 Å². The summed E-state index contributed by atoms with van der Waals surface area (Å²) in [5.74, 6) is -0.00355. The van der Waals surface area contributed by atoms with E-state index >= 15 is 0 Å². The maximum atomic E-state index is 11.6. The van der Waals surface area contributed by atoms with Gasteiger partial charge in [0.15, 0.2) is 5.13 Å². The summed E-state index contributed by atoms with van der Waals surface area (Å²) in [4.78, 5) is 20.7. The summed E-state index contributed by atoms with van der Waals surface area (Å²) in [6.45, 7) is 1.96. The Labute approximate surface area is 104 Å². The van der Waals surface area contributed by atoms with Gasteiger partial charge in [-0.25, -0.2) is 4.98 Å². The SMILES string of the molecule is Cc1cnc(NC(=O)CCc2ccncc2)s1. The van der Waals surface area contributed by atoms with Gasteiger partial charge in [0.1, 0.15) is 0 Å². The number of aromatic nitrogens is 2. The maximum Gasteiger partial charge on any atom is 0.226 e. The van der Waals surface area contributed by atoms with Crippen LogP contribution >= 0.6 is 11.3 Å². The van der Waals surface area contributed by atoms with Gasteiger partial charge in [0, 0.05) is 29.9 Å². The quantitative estimate of drug-likeness (QED) is 0.902. The van der Waals surface area contributed by atoms with E-state index < -0.39 is 0 Å². The number of thiazole rings is 1. The first-order valence-corrected chi connectivity index (χ1v) is 6.17. The fourth-order valence-electron chi connectivity index (χ4n) is 1.40. The van der Waals surface area contributed by atoms with E-state index in [1.807, 2.05) is 19.1 Å². The third-order valence-corrected chi connectivity index (χ3v) is 3.09. The number of carbonyl (C=O) groups is 1. The summed E-state index contributed by atoms with van der Waals surface area (Å²) in [6, 6.07) is 3.83. The van der Waals surface area contributed by atoms with Gasteiger partial charge in [-0.1, -0.05) is 0 Å². The molecule has 0 atom stereocenters. The highest BCUT2D eigenvalue weighted by Crippen LogP contribution is 2.16. The van der Waals surface area contributed by atoms with E-state index in [4.69, 9.17) is 0 Å². The minimum absolute atomic E-state index is 0.00355. The average Bonchev–Trinajstić information content (AvgIpc) is 2.73. The molecular weight excluding hydrogens is 234 g/mol. The lowest BCUT2D eigenvalue weighted by atomic mass is 10.1. The molecule has 1 N–H and O–H groups in total. The number of hydrogen-bond acceptors (Lipinski definition) is 4. The van der Waals surface area contributed by atoms with Crippen LogP contribution in [0.25, 0.3) is 0 Å². The molecule has 0 aliphatic carbocycles. The molecule has 2 aromatic rings. The number of nitrogens with one attached hydrogen (secondary N) is 1. The van der Waals surface area contributed by atoms with Crippen molar-refractivity contribution in [1.29, 1.82) is 0 Å². The normalized spacial score (nSPS) is 10.2. The summed E-state index contributed by atoms with van der Waals surface area (Å²) >= 11 is 1.48. The third-order valence-electron chi connectivity index (χ3n) is 2.26. The topological polar surface area (TPSA) is 54.9 Å². The van der Waals surface area contributed by atoms with Crippen LogP contribution in [0.3, 0.4) is 0 Å². The Morgan fingerprint density at radius 3 is 2.82 bits per heavy atom. The molecule has 0 fully saturated rings. The van der Waals surface area contributed by atoms with Gasteiger partial charge in [0.2, 0.25) is 5.91 Å². The van der Waals surface area contributed by atoms with Crippen LogP contribution in [0.1, 0.15) is 16.9 Å². The van der Waals surface area contributed by atoms with Crippen LogP contribution in [0.4, 0.5) is 5.13 Å². The zero-order valence-electron chi connectivity index (χ0n) is 9.51. The Hall–Kier alpha value is -1.75. The van der Waals surface area contributed by atoms with Crippen LogP contribution in [0.5, 0.6) is 0 Å². The summed E-state index contributed by atoms with van der Waals surface area (Å²) in [7, 11) is 0. The largest absolute Gasteiger partial charge is 0.302 e. The molecule has 0 bridgehead atoms. The zero-order chi connectivity index (χ0) is 12.1. The van der Waals surface area contributed by atoms with Gasteiger partial charge in [-0.15, -0.1) is 11.3 Å². The molecule has 0 aliphatic rings. The lowest BCUT2D eigenvalue weighted by Crippen LogP contribution is -2.11. The number of amides is 1. The van der Waals surface area contributed by atoms with Gasteiger partial charge in [-0.05, 0) is 31.0 Å². The first-order chi connectivity index (χ1) is 8.24. The van der Waals surface area contributed by atoms with Crippen LogP contribution in [0.2, 0.25) is 0 Å². The molecule has 2 rings (SSSR count). The van der Waals surface area contributed by atoms with E-state index in [0.717, 1.165) is 16.9 Å². The summed E-state index contributed by atoms with van der Waals surface area (Å²) in [6.07, 6.45) is 6.40. The van der Waals surface area contributed by atoms with E-state index in [1.54, 1.807) is 18.6 Å². The fraction of sp³-hybridized carbons (Fsp3) is 0.250. The van der Waals surface area contributed by atoms with Crippen molar-refractivity contribution < 1.29 is 4.79 Å². The minimum atomic E-state index is -0.00355. The standard InChI is InChI=1S/C12H13N3OS/c1-9-8-14-12(17-9)15-11(16)3-2-10-4-6-13-7-5-10/h4-8H,2-3H2,1H3,(H,14,15,16).